The van der Waals surface area contributed by atoms with E-state index in [1.165, 1.54) is 17.6 Å². The van der Waals surface area contributed by atoms with Crippen molar-refractivity contribution in [1.82, 2.24) is 9.97 Å². The maximum Gasteiger partial charge on any atom is 0.268 e. The van der Waals surface area contributed by atoms with Gasteiger partial charge in [-0.3, -0.25) is 9.10 Å². The van der Waals surface area contributed by atoms with E-state index in [9.17, 15) is 13.2 Å². The van der Waals surface area contributed by atoms with E-state index < -0.39 is 10.0 Å². The number of thioether (sulfide) groups is 1. The lowest BCUT2D eigenvalue weighted by molar-refractivity contribution is -0.113. The fraction of sp³-hybridized carbons (Fsp3) is 0.190. The first-order valence-electron chi connectivity index (χ1n) is 9.60. The van der Waals surface area contributed by atoms with Crippen molar-refractivity contribution in [3.05, 3.63) is 53.7 Å². The van der Waals surface area contributed by atoms with E-state index in [1.807, 2.05) is 12.1 Å². The van der Waals surface area contributed by atoms with Gasteiger partial charge in [0, 0.05) is 17.8 Å². The van der Waals surface area contributed by atoms with Crippen molar-refractivity contribution < 1.29 is 17.9 Å². The lowest BCUT2D eigenvalue weighted by Crippen LogP contribution is -2.34. The second kappa shape index (κ2) is 8.97. The van der Waals surface area contributed by atoms with Gasteiger partial charge in [-0.2, -0.15) is 0 Å². The molecule has 0 atom stereocenters. The van der Waals surface area contributed by atoms with E-state index in [0.717, 1.165) is 11.8 Å². The summed E-state index contributed by atoms with van der Waals surface area (Å²) in [6, 6.07) is 12.1. The minimum Gasteiger partial charge on any atom is -0.495 e. The molecule has 2 aromatic carbocycles. The number of benzene rings is 2. The minimum absolute atomic E-state index is 0.0396. The number of carbonyl (C=O) groups excluding carboxylic acids is 1. The zero-order chi connectivity index (χ0) is 22.9. The highest BCUT2D eigenvalue weighted by Crippen LogP contribution is 2.41. The lowest BCUT2D eigenvalue weighted by atomic mass is 10.1. The number of nitrogens with one attached hydrogen (secondary N) is 1. The SMILES string of the molecule is CCN1c2ccccc2-c2nc(SCC(=O)Nc3ccc(OC)c(Cl)c3)ncc2S1(=O)=O. The largest absolute Gasteiger partial charge is 0.495 e. The number of methoxy groups -OCH3 is 1. The van der Waals surface area contributed by atoms with Crippen molar-refractivity contribution in [1.29, 1.82) is 0 Å². The van der Waals surface area contributed by atoms with Crippen LogP contribution in [0.15, 0.2) is 58.7 Å². The van der Waals surface area contributed by atoms with E-state index in [1.54, 1.807) is 37.3 Å². The number of para-hydroxylation sites is 1. The van der Waals surface area contributed by atoms with Crippen LogP contribution in [-0.4, -0.2) is 43.7 Å². The van der Waals surface area contributed by atoms with Gasteiger partial charge in [0.25, 0.3) is 10.0 Å². The van der Waals surface area contributed by atoms with Gasteiger partial charge in [0.15, 0.2) is 5.16 Å². The third-order valence-electron chi connectivity index (χ3n) is 4.78. The van der Waals surface area contributed by atoms with Crippen LogP contribution < -0.4 is 14.4 Å². The van der Waals surface area contributed by atoms with Crippen LogP contribution in [0.25, 0.3) is 11.3 Å². The number of aromatic nitrogens is 2. The quantitative estimate of drug-likeness (QED) is 0.410. The van der Waals surface area contributed by atoms with Crippen LogP contribution in [0.3, 0.4) is 0 Å². The molecule has 1 aliphatic heterocycles. The van der Waals surface area contributed by atoms with Crippen LogP contribution in [0.1, 0.15) is 6.92 Å². The highest BCUT2D eigenvalue weighted by Gasteiger charge is 2.35. The smallest absolute Gasteiger partial charge is 0.268 e. The zero-order valence-electron chi connectivity index (χ0n) is 17.2. The fourth-order valence-corrected chi connectivity index (χ4v) is 5.81. The van der Waals surface area contributed by atoms with Crippen LogP contribution in [0, 0.1) is 0 Å². The van der Waals surface area contributed by atoms with Gasteiger partial charge >= 0.3 is 0 Å². The Hall–Kier alpha value is -2.82. The van der Waals surface area contributed by atoms with E-state index in [0.29, 0.717) is 45.1 Å². The average molecular weight is 491 g/mol. The molecule has 4 rings (SSSR count). The standard InChI is InChI=1S/C21H19ClN4O4S2/c1-3-26-16-7-5-4-6-14(16)20-18(32(26,28)29)11-23-21(25-20)31-12-19(27)24-13-8-9-17(30-2)15(22)10-13/h4-11H,3,12H2,1-2H3,(H,24,27). The van der Waals surface area contributed by atoms with E-state index in [4.69, 9.17) is 16.3 Å². The number of hydrogen-bond acceptors (Lipinski definition) is 7. The van der Waals surface area contributed by atoms with Crippen molar-refractivity contribution in [2.45, 2.75) is 17.0 Å². The molecule has 166 valence electrons. The fourth-order valence-electron chi connectivity index (χ4n) is 3.36. The topological polar surface area (TPSA) is 101 Å². The van der Waals surface area contributed by atoms with Gasteiger partial charge < -0.3 is 10.1 Å². The number of amides is 1. The normalized spacial score (nSPS) is 13.8. The average Bonchev–Trinajstić information content (AvgIpc) is 2.78. The number of hydrogen-bond donors (Lipinski definition) is 1. The Morgan fingerprint density at radius 1 is 1.25 bits per heavy atom. The van der Waals surface area contributed by atoms with Crippen LogP contribution in [0.2, 0.25) is 5.02 Å². The molecule has 0 radical (unpaired) electrons. The molecule has 0 spiro atoms. The number of anilines is 2. The molecule has 0 saturated carbocycles. The molecule has 11 heteroatoms. The summed E-state index contributed by atoms with van der Waals surface area (Å²) in [7, 11) is -2.24. The second-order valence-corrected chi connectivity index (χ2v) is 9.92. The van der Waals surface area contributed by atoms with Crippen molar-refractivity contribution in [3.63, 3.8) is 0 Å². The maximum atomic E-state index is 13.0. The van der Waals surface area contributed by atoms with Gasteiger partial charge in [0.1, 0.15) is 10.6 Å². The van der Waals surface area contributed by atoms with Crippen molar-refractivity contribution in [2.24, 2.45) is 0 Å². The number of carbonyl (C=O) groups is 1. The zero-order valence-corrected chi connectivity index (χ0v) is 19.6. The number of ether oxygens (including phenoxy) is 1. The summed E-state index contributed by atoms with van der Waals surface area (Å²) in [6.07, 6.45) is 1.31. The first-order chi connectivity index (χ1) is 15.3. The van der Waals surface area contributed by atoms with Crippen molar-refractivity contribution in [2.75, 3.05) is 29.0 Å². The number of sulfonamides is 1. The summed E-state index contributed by atoms with van der Waals surface area (Å²) in [5.74, 6) is 0.277. The number of rotatable bonds is 6. The molecular weight excluding hydrogens is 472 g/mol. The summed E-state index contributed by atoms with van der Waals surface area (Å²) in [5.41, 5.74) is 2.16. The van der Waals surface area contributed by atoms with Gasteiger partial charge in [-0.05, 0) is 31.2 Å². The molecule has 3 aromatic rings. The predicted octanol–water partition coefficient (Wildman–Crippen LogP) is 4.07. The van der Waals surface area contributed by atoms with E-state index >= 15 is 0 Å². The molecule has 0 unspecified atom stereocenters. The molecule has 1 N–H and O–H groups in total. The highest BCUT2D eigenvalue weighted by atomic mass is 35.5. The van der Waals surface area contributed by atoms with Crippen molar-refractivity contribution >= 4 is 50.7 Å². The molecule has 1 amide bonds. The van der Waals surface area contributed by atoms with Gasteiger partial charge in [-0.25, -0.2) is 18.4 Å². The van der Waals surface area contributed by atoms with Crippen LogP contribution in [-0.2, 0) is 14.8 Å². The highest BCUT2D eigenvalue weighted by molar-refractivity contribution is 7.99. The van der Waals surface area contributed by atoms with Crippen LogP contribution in [0.5, 0.6) is 5.75 Å². The van der Waals surface area contributed by atoms with Gasteiger partial charge in [0.2, 0.25) is 5.91 Å². The second-order valence-electron chi connectivity index (χ2n) is 6.74. The monoisotopic (exact) mass is 490 g/mol. The third kappa shape index (κ3) is 4.13. The molecule has 8 nitrogen and oxygen atoms in total. The summed E-state index contributed by atoms with van der Waals surface area (Å²) in [6.45, 7) is 2.07. The van der Waals surface area contributed by atoms with Gasteiger partial charge in [-0.15, -0.1) is 0 Å². The predicted molar refractivity (Wildman–Crippen MR) is 125 cm³/mol. The summed E-state index contributed by atoms with van der Waals surface area (Å²) < 4.78 is 32.5. The Balaban J connectivity index is 1.54. The molecule has 0 fully saturated rings. The summed E-state index contributed by atoms with van der Waals surface area (Å²) in [4.78, 5) is 21.1. The number of halogens is 1. The van der Waals surface area contributed by atoms with Gasteiger partial charge in [0.05, 0.1) is 35.5 Å². The van der Waals surface area contributed by atoms with E-state index in [-0.39, 0.29) is 16.6 Å². The minimum atomic E-state index is -3.75. The van der Waals surface area contributed by atoms with Gasteiger partial charge in [-0.1, -0.05) is 41.6 Å². The Morgan fingerprint density at radius 2 is 2.03 bits per heavy atom. The molecule has 32 heavy (non-hydrogen) atoms. The molecule has 1 aromatic heterocycles. The molecular formula is C21H19ClN4O4S2. The third-order valence-corrected chi connectivity index (χ3v) is 7.83. The summed E-state index contributed by atoms with van der Waals surface area (Å²) >= 11 is 7.20. The molecule has 1 aliphatic rings. The molecule has 0 bridgehead atoms. The summed E-state index contributed by atoms with van der Waals surface area (Å²) in [5, 5.41) is 3.44. The first-order valence-corrected chi connectivity index (χ1v) is 12.4. The molecule has 2 heterocycles. The van der Waals surface area contributed by atoms with Crippen molar-refractivity contribution in [3.8, 4) is 17.0 Å². The van der Waals surface area contributed by atoms with Crippen LogP contribution >= 0.6 is 23.4 Å². The Kier molecular flexibility index (Phi) is 6.27. The van der Waals surface area contributed by atoms with E-state index in [2.05, 4.69) is 15.3 Å². The number of fused-ring (bicyclic) bond motifs is 3. The van der Waals surface area contributed by atoms with Crippen LogP contribution in [0.4, 0.5) is 11.4 Å². The first kappa shape index (κ1) is 22.4. The lowest BCUT2D eigenvalue weighted by Gasteiger charge is -2.30. The number of nitrogens with zero attached hydrogens (tertiary/aromatic N) is 3. The molecule has 0 saturated heterocycles. The maximum absolute atomic E-state index is 13.0. The Morgan fingerprint density at radius 3 is 2.75 bits per heavy atom. The Labute approximate surface area is 195 Å². The Bertz CT molecular complexity index is 1300. The molecule has 0 aliphatic carbocycles.